The molecule has 2 rings (SSSR count). The van der Waals surface area contributed by atoms with Crippen LogP contribution >= 0.6 is 11.8 Å². The van der Waals surface area contributed by atoms with Gasteiger partial charge in [0.2, 0.25) is 5.91 Å². The lowest BCUT2D eigenvalue weighted by molar-refractivity contribution is -0.129. The number of likely N-dealkylation sites (N-methyl/N-ethyl adjacent to an activating group) is 1. The molecule has 1 aliphatic heterocycles. The van der Waals surface area contributed by atoms with Gasteiger partial charge in [0, 0.05) is 11.9 Å². The minimum atomic E-state index is -0.415. The number of carbonyl (C=O) groups is 1. The minimum Gasteiger partial charge on any atom is -0.409 e. The number of benzene rings is 1. The molecular weight excluding hydrogens is 262 g/mol. The summed E-state index contributed by atoms with van der Waals surface area (Å²) in [5.41, 5.74) is 6.74. The van der Waals surface area contributed by atoms with E-state index in [2.05, 4.69) is 5.16 Å². The number of nitrogens with two attached hydrogens (primary N) is 1. The Morgan fingerprint density at radius 2 is 2.26 bits per heavy atom. The Morgan fingerprint density at radius 3 is 2.89 bits per heavy atom. The molecule has 2 atom stereocenters. The Kier molecular flexibility index (Phi) is 3.99. The number of fused-ring (bicyclic) bond motifs is 1. The van der Waals surface area contributed by atoms with E-state index >= 15 is 0 Å². The lowest BCUT2D eigenvalue weighted by Crippen LogP contribution is -2.46. The number of hydrogen-bond donors (Lipinski definition) is 2. The topological polar surface area (TPSA) is 78.9 Å². The highest BCUT2D eigenvalue weighted by atomic mass is 32.2. The van der Waals surface area contributed by atoms with E-state index in [4.69, 9.17) is 10.9 Å². The summed E-state index contributed by atoms with van der Waals surface area (Å²) in [7, 11) is 1.68. The molecule has 1 aromatic rings. The van der Waals surface area contributed by atoms with Gasteiger partial charge in [-0.3, -0.25) is 4.79 Å². The van der Waals surface area contributed by atoms with Gasteiger partial charge in [0.15, 0.2) is 5.84 Å². The van der Waals surface area contributed by atoms with E-state index in [1.54, 1.807) is 25.7 Å². The summed E-state index contributed by atoms with van der Waals surface area (Å²) < 4.78 is 0. The molecule has 19 heavy (non-hydrogen) atoms. The van der Waals surface area contributed by atoms with E-state index in [9.17, 15) is 4.79 Å². The molecule has 2 unspecified atom stereocenters. The van der Waals surface area contributed by atoms with Gasteiger partial charge >= 0.3 is 0 Å². The van der Waals surface area contributed by atoms with Gasteiger partial charge in [0.05, 0.1) is 11.3 Å². The van der Waals surface area contributed by atoms with Crippen molar-refractivity contribution in [2.24, 2.45) is 10.9 Å². The Bertz CT molecular complexity index is 493. The number of hydrogen-bond acceptors (Lipinski definition) is 4. The Hall–Kier alpha value is -1.69. The van der Waals surface area contributed by atoms with Crippen molar-refractivity contribution >= 4 is 23.5 Å². The first kappa shape index (κ1) is 13.7. The molecule has 1 aromatic carbocycles. The van der Waals surface area contributed by atoms with Gasteiger partial charge in [-0.2, -0.15) is 0 Å². The molecule has 0 radical (unpaired) electrons. The summed E-state index contributed by atoms with van der Waals surface area (Å²) >= 11 is 1.57. The van der Waals surface area contributed by atoms with E-state index in [0.717, 1.165) is 11.3 Å². The molecule has 0 spiro atoms. The van der Waals surface area contributed by atoms with Crippen LogP contribution in [0.3, 0.4) is 0 Å². The maximum Gasteiger partial charge on any atom is 0.236 e. The van der Waals surface area contributed by atoms with Crippen LogP contribution in [0.15, 0.2) is 34.3 Å². The zero-order valence-corrected chi connectivity index (χ0v) is 11.7. The van der Waals surface area contributed by atoms with Gasteiger partial charge in [0.1, 0.15) is 0 Å². The quantitative estimate of drug-likeness (QED) is 0.378. The number of amidine groups is 1. The molecule has 0 saturated heterocycles. The number of nitrogens with zero attached hydrogens (tertiary/aromatic N) is 2. The van der Waals surface area contributed by atoms with Crippen molar-refractivity contribution in [1.29, 1.82) is 0 Å². The number of thioether (sulfide) groups is 1. The van der Waals surface area contributed by atoms with Crippen LogP contribution in [0, 0.1) is 0 Å². The van der Waals surface area contributed by atoms with Crippen LogP contribution in [0.25, 0.3) is 0 Å². The normalized spacial score (nSPS) is 19.9. The van der Waals surface area contributed by atoms with E-state index in [0.29, 0.717) is 0 Å². The van der Waals surface area contributed by atoms with Crippen LogP contribution in [-0.4, -0.2) is 40.2 Å². The van der Waals surface area contributed by atoms with Crippen molar-refractivity contribution in [2.45, 2.75) is 29.5 Å². The highest BCUT2D eigenvalue weighted by molar-refractivity contribution is 8.01. The lowest BCUT2D eigenvalue weighted by Gasteiger charge is -2.26. The SMILES string of the molecule is CC(C(N)=NO)N(C)C(=O)C1Cc2ccccc2S1. The molecule has 0 aliphatic carbocycles. The number of oxime groups is 1. The molecule has 1 aliphatic rings. The van der Waals surface area contributed by atoms with E-state index < -0.39 is 6.04 Å². The fraction of sp³-hybridized carbons (Fsp3) is 0.385. The van der Waals surface area contributed by atoms with Crippen molar-refractivity contribution in [3.05, 3.63) is 29.8 Å². The fourth-order valence-corrected chi connectivity index (χ4v) is 3.32. The average molecular weight is 279 g/mol. The molecule has 102 valence electrons. The van der Waals surface area contributed by atoms with Gasteiger partial charge in [-0.15, -0.1) is 11.8 Å². The minimum absolute atomic E-state index is 0.000278. The van der Waals surface area contributed by atoms with Crippen molar-refractivity contribution in [3.63, 3.8) is 0 Å². The van der Waals surface area contributed by atoms with Crippen molar-refractivity contribution in [3.8, 4) is 0 Å². The Balaban J connectivity index is 2.07. The third kappa shape index (κ3) is 2.68. The molecule has 1 heterocycles. The molecule has 1 amide bonds. The van der Waals surface area contributed by atoms with Gasteiger partial charge in [0.25, 0.3) is 0 Å². The maximum absolute atomic E-state index is 12.4. The molecule has 0 aromatic heterocycles. The largest absolute Gasteiger partial charge is 0.409 e. The summed E-state index contributed by atoms with van der Waals surface area (Å²) in [6.07, 6.45) is 0.729. The van der Waals surface area contributed by atoms with Gasteiger partial charge < -0.3 is 15.8 Å². The second kappa shape index (κ2) is 5.52. The molecule has 0 fully saturated rings. The first-order chi connectivity index (χ1) is 9.04. The second-order valence-electron chi connectivity index (χ2n) is 4.57. The average Bonchev–Trinajstić information content (AvgIpc) is 2.87. The monoisotopic (exact) mass is 279 g/mol. The van der Waals surface area contributed by atoms with Crippen LogP contribution in [-0.2, 0) is 11.2 Å². The summed E-state index contributed by atoms with van der Waals surface area (Å²) in [5, 5.41) is 11.5. The van der Waals surface area contributed by atoms with Crippen LogP contribution in [0.1, 0.15) is 12.5 Å². The van der Waals surface area contributed by atoms with E-state index in [-0.39, 0.29) is 17.0 Å². The number of carbonyl (C=O) groups excluding carboxylic acids is 1. The van der Waals surface area contributed by atoms with Gasteiger partial charge in [-0.1, -0.05) is 23.4 Å². The molecule has 5 nitrogen and oxygen atoms in total. The van der Waals surface area contributed by atoms with Crippen molar-refractivity contribution in [1.82, 2.24) is 4.90 Å². The molecule has 6 heteroatoms. The van der Waals surface area contributed by atoms with E-state index in [1.807, 2.05) is 24.3 Å². The lowest BCUT2D eigenvalue weighted by atomic mass is 10.1. The van der Waals surface area contributed by atoms with Crippen molar-refractivity contribution < 1.29 is 10.0 Å². The van der Waals surface area contributed by atoms with Crippen LogP contribution in [0.5, 0.6) is 0 Å². The molecule has 0 bridgehead atoms. The molecular formula is C13H17N3O2S. The van der Waals surface area contributed by atoms with Crippen molar-refractivity contribution in [2.75, 3.05) is 7.05 Å². The van der Waals surface area contributed by atoms with E-state index in [1.165, 1.54) is 10.5 Å². The standard InChI is InChI=1S/C13H17N3O2S/c1-8(12(14)15-18)16(2)13(17)11-7-9-5-3-4-6-10(9)19-11/h3-6,8,11,18H,7H2,1-2H3,(H2,14,15). The predicted molar refractivity (Wildman–Crippen MR) is 75.4 cm³/mol. The number of rotatable bonds is 3. The van der Waals surface area contributed by atoms with Crippen LogP contribution < -0.4 is 5.73 Å². The highest BCUT2D eigenvalue weighted by Gasteiger charge is 2.32. The third-order valence-electron chi connectivity index (χ3n) is 3.39. The summed E-state index contributed by atoms with van der Waals surface area (Å²) in [6.45, 7) is 1.74. The Labute approximate surface area is 116 Å². The predicted octanol–water partition coefficient (Wildman–Crippen LogP) is 1.30. The maximum atomic E-state index is 12.4. The summed E-state index contributed by atoms with van der Waals surface area (Å²) in [6, 6.07) is 7.61. The zero-order chi connectivity index (χ0) is 14.0. The van der Waals surface area contributed by atoms with Crippen LogP contribution in [0.2, 0.25) is 0 Å². The second-order valence-corrected chi connectivity index (χ2v) is 5.81. The first-order valence-electron chi connectivity index (χ1n) is 6.03. The number of amides is 1. The van der Waals surface area contributed by atoms with Gasteiger partial charge in [-0.05, 0) is 25.0 Å². The summed E-state index contributed by atoms with van der Waals surface area (Å²) in [5.74, 6) is 0.0386. The molecule has 0 saturated carbocycles. The summed E-state index contributed by atoms with van der Waals surface area (Å²) in [4.78, 5) is 15.1. The highest BCUT2D eigenvalue weighted by Crippen LogP contribution is 2.37. The Morgan fingerprint density at radius 1 is 1.58 bits per heavy atom. The first-order valence-corrected chi connectivity index (χ1v) is 6.91. The zero-order valence-electron chi connectivity index (χ0n) is 10.9. The van der Waals surface area contributed by atoms with Gasteiger partial charge in [-0.25, -0.2) is 0 Å². The fourth-order valence-electron chi connectivity index (χ4n) is 2.02. The molecule has 3 N–H and O–H groups in total. The third-order valence-corrected chi connectivity index (χ3v) is 4.70. The van der Waals surface area contributed by atoms with Crippen LogP contribution in [0.4, 0.5) is 0 Å². The smallest absolute Gasteiger partial charge is 0.236 e.